The molecular weight excluding hydrogens is 328 g/mol. The van der Waals surface area contributed by atoms with E-state index in [1.807, 2.05) is 0 Å². The fourth-order valence-electron chi connectivity index (χ4n) is 3.91. The van der Waals surface area contributed by atoms with E-state index < -0.39 is 0 Å². The Labute approximate surface area is 154 Å². The fourth-order valence-corrected chi connectivity index (χ4v) is 3.91. The Balaban J connectivity index is 1.54. The van der Waals surface area contributed by atoms with Crippen LogP contribution in [0.5, 0.6) is 11.5 Å². The van der Waals surface area contributed by atoms with Crippen molar-refractivity contribution in [1.82, 2.24) is 9.97 Å². The summed E-state index contributed by atoms with van der Waals surface area (Å²) < 4.78 is 10.9. The second-order valence-electron chi connectivity index (χ2n) is 6.89. The number of anilines is 2. The summed E-state index contributed by atoms with van der Waals surface area (Å²) in [4.78, 5) is 13.7. The minimum atomic E-state index is 0.804. The van der Waals surface area contributed by atoms with Crippen LogP contribution in [0.15, 0.2) is 24.5 Å². The zero-order valence-corrected chi connectivity index (χ0v) is 15.6. The Kier molecular flexibility index (Phi) is 4.82. The molecule has 0 radical (unpaired) electrons. The molecule has 0 bridgehead atoms. The lowest BCUT2D eigenvalue weighted by atomic mass is 10.0. The predicted molar refractivity (Wildman–Crippen MR) is 103 cm³/mol. The summed E-state index contributed by atoms with van der Waals surface area (Å²) in [5, 5.41) is 0. The molecule has 6 nitrogen and oxygen atoms in total. The van der Waals surface area contributed by atoms with Gasteiger partial charge < -0.3 is 19.3 Å². The summed E-state index contributed by atoms with van der Waals surface area (Å²) in [6.07, 6.45) is 6.15. The molecule has 2 aliphatic rings. The molecule has 138 valence electrons. The molecule has 0 N–H and O–H groups in total. The van der Waals surface area contributed by atoms with Crippen molar-refractivity contribution in [2.45, 2.75) is 25.7 Å². The highest BCUT2D eigenvalue weighted by molar-refractivity contribution is 5.53. The highest BCUT2D eigenvalue weighted by Crippen LogP contribution is 2.33. The topological polar surface area (TPSA) is 50.7 Å². The molecule has 1 aromatic carbocycles. The van der Waals surface area contributed by atoms with Gasteiger partial charge in [-0.2, -0.15) is 0 Å². The van der Waals surface area contributed by atoms with Crippen molar-refractivity contribution < 1.29 is 9.47 Å². The Hall–Kier alpha value is -2.50. The van der Waals surface area contributed by atoms with Gasteiger partial charge in [0, 0.05) is 32.2 Å². The third-order valence-corrected chi connectivity index (χ3v) is 5.40. The van der Waals surface area contributed by atoms with Gasteiger partial charge in [0.15, 0.2) is 11.5 Å². The van der Waals surface area contributed by atoms with Crippen molar-refractivity contribution in [3.8, 4) is 11.5 Å². The predicted octanol–water partition coefficient (Wildman–Crippen LogP) is 2.70. The number of hydrogen-bond donors (Lipinski definition) is 0. The average Bonchev–Trinajstić information content (AvgIpc) is 3.15. The normalized spacial score (nSPS) is 17.0. The molecule has 0 saturated carbocycles. The van der Waals surface area contributed by atoms with Crippen molar-refractivity contribution in [2.75, 3.05) is 50.2 Å². The van der Waals surface area contributed by atoms with Gasteiger partial charge in [0.05, 0.1) is 14.2 Å². The van der Waals surface area contributed by atoms with Crippen molar-refractivity contribution in [3.63, 3.8) is 0 Å². The number of fused-ring (bicyclic) bond motifs is 1. The van der Waals surface area contributed by atoms with Gasteiger partial charge in [-0.05, 0) is 48.9 Å². The van der Waals surface area contributed by atoms with Crippen LogP contribution in [-0.4, -0.2) is 50.4 Å². The maximum Gasteiger partial charge on any atom is 0.161 e. The van der Waals surface area contributed by atoms with Crippen molar-refractivity contribution in [3.05, 3.63) is 35.7 Å². The van der Waals surface area contributed by atoms with Crippen molar-refractivity contribution >= 4 is 11.6 Å². The van der Waals surface area contributed by atoms with E-state index in [-0.39, 0.29) is 0 Å². The largest absolute Gasteiger partial charge is 0.493 e. The Morgan fingerprint density at radius 1 is 0.731 bits per heavy atom. The summed E-state index contributed by atoms with van der Waals surface area (Å²) in [5.41, 5.74) is 2.66. The van der Waals surface area contributed by atoms with Gasteiger partial charge in [-0.3, -0.25) is 0 Å². The van der Waals surface area contributed by atoms with E-state index in [0.29, 0.717) is 0 Å². The van der Waals surface area contributed by atoms with Gasteiger partial charge in [0.25, 0.3) is 0 Å². The van der Waals surface area contributed by atoms with Crippen LogP contribution in [0, 0.1) is 0 Å². The highest BCUT2D eigenvalue weighted by atomic mass is 16.5. The van der Waals surface area contributed by atoms with Gasteiger partial charge in [0.2, 0.25) is 0 Å². The molecule has 2 aromatic rings. The number of ether oxygens (including phenoxy) is 2. The molecule has 3 heterocycles. The Bertz CT molecular complexity index is 739. The molecule has 0 atom stereocenters. The van der Waals surface area contributed by atoms with Gasteiger partial charge in [-0.1, -0.05) is 0 Å². The smallest absolute Gasteiger partial charge is 0.161 e. The summed E-state index contributed by atoms with van der Waals surface area (Å²) >= 11 is 0. The summed E-state index contributed by atoms with van der Waals surface area (Å²) in [7, 11) is 3.38. The number of nitrogens with zero attached hydrogens (tertiary/aromatic N) is 4. The van der Waals surface area contributed by atoms with E-state index in [9.17, 15) is 0 Å². The molecule has 0 amide bonds. The zero-order chi connectivity index (χ0) is 17.9. The molecule has 1 saturated heterocycles. The molecule has 0 unspecified atom stereocenters. The molecule has 0 spiro atoms. The quantitative estimate of drug-likeness (QED) is 0.841. The van der Waals surface area contributed by atoms with Crippen LogP contribution in [-0.2, 0) is 12.8 Å². The van der Waals surface area contributed by atoms with Crippen molar-refractivity contribution in [2.24, 2.45) is 0 Å². The first-order chi connectivity index (χ1) is 12.8. The average molecular weight is 354 g/mol. The standard InChI is InChI=1S/C20H26N4O2/c1-25-17-11-15-5-9-24(10-6-16(15)12-18(17)26-2)20-13-19(21-14-22-20)23-7-3-4-8-23/h11-14H,3-10H2,1-2H3. The minimum absolute atomic E-state index is 0.804. The number of rotatable bonds is 4. The van der Waals surface area contributed by atoms with E-state index in [4.69, 9.17) is 9.47 Å². The lowest BCUT2D eigenvalue weighted by molar-refractivity contribution is 0.354. The molecule has 6 heteroatoms. The van der Waals surface area contributed by atoms with Gasteiger partial charge in [-0.15, -0.1) is 0 Å². The van der Waals surface area contributed by atoms with E-state index in [0.717, 1.165) is 62.2 Å². The van der Waals surface area contributed by atoms with Gasteiger partial charge >= 0.3 is 0 Å². The van der Waals surface area contributed by atoms with Crippen LogP contribution in [0.2, 0.25) is 0 Å². The second kappa shape index (κ2) is 7.40. The van der Waals surface area contributed by atoms with Gasteiger partial charge in [-0.25, -0.2) is 9.97 Å². The van der Waals surface area contributed by atoms with Crippen LogP contribution >= 0.6 is 0 Å². The third kappa shape index (κ3) is 3.28. The molecular formula is C20H26N4O2. The summed E-state index contributed by atoms with van der Waals surface area (Å²) in [6.45, 7) is 4.08. The SMILES string of the molecule is COc1cc2c(cc1OC)CCN(c1cc(N3CCCC3)ncn1)CC2. The lowest BCUT2D eigenvalue weighted by Crippen LogP contribution is -2.28. The first kappa shape index (κ1) is 16.9. The maximum absolute atomic E-state index is 5.46. The van der Waals surface area contributed by atoms with Crippen LogP contribution in [0.1, 0.15) is 24.0 Å². The molecule has 1 fully saturated rings. The molecule has 1 aromatic heterocycles. The van der Waals surface area contributed by atoms with Crippen LogP contribution in [0.4, 0.5) is 11.6 Å². The number of benzene rings is 1. The van der Waals surface area contributed by atoms with Crippen molar-refractivity contribution in [1.29, 1.82) is 0 Å². The summed E-state index contributed by atoms with van der Waals surface area (Å²) in [6, 6.07) is 6.38. The van der Waals surface area contributed by atoms with E-state index in [2.05, 4.69) is 38.0 Å². The van der Waals surface area contributed by atoms with E-state index in [1.54, 1.807) is 20.5 Å². The Morgan fingerprint density at radius 3 is 1.73 bits per heavy atom. The molecule has 26 heavy (non-hydrogen) atoms. The van der Waals surface area contributed by atoms with Crippen LogP contribution in [0.3, 0.4) is 0 Å². The molecule has 0 aliphatic carbocycles. The van der Waals surface area contributed by atoms with Crippen LogP contribution in [0.25, 0.3) is 0 Å². The zero-order valence-electron chi connectivity index (χ0n) is 15.6. The lowest BCUT2D eigenvalue weighted by Gasteiger charge is -2.23. The first-order valence-electron chi connectivity index (χ1n) is 9.34. The van der Waals surface area contributed by atoms with E-state index >= 15 is 0 Å². The number of methoxy groups -OCH3 is 2. The molecule has 4 rings (SSSR count). The first-order valence-corrected chi connectivity index (χ1v) is 9.34. The number of hydrogen-bond acceptors (Lipinski definition) is 6. The monoisotopic (exact) mass is 354 g/mol. The third-order valence-electron chi connectivity index (χ3n) is 5.40. The number of aromatic nitrogens is 2. The minimum Gasteiger partial charge on any atom is -0.493 e. The fraction of sp³-hybridized carbons (Fsp3) is 0.500. The second-order valence-corrected chi connectivity index (χ2v) is 6.89. The summed E-state index contributed by atoms with van der Waals surface area (Å²) in [5.74, 6) is 3.68. The molecule has 2 aliphatic heterocycles. The maximum atomic E-state index is 5.46. The highest BCUT2D eigenvalue weighted by Gasteiger charge is 2.20. The van der Waals surface area contributed by atoms with Gasteiger partial charge in [0.1, 0.15) is 18.0 Å². The Morgan fingerprint density at radius 2 is 1.23 bits per heavy atom. The van der Waals surface area contributed by atoms with Crippen LogP contribution < -0.4 is 19.3 Å². The van der Waals surface area contributed by atoms with E-state index in [1.165, 1.54) is 24.0 Å².